The minimum absolute atomic E-state index is 1.05. The van der Waals surface area contributed by atoms with Gasteiger partial charge in [-0.05, 0) is 13.8 Å². The van der Waals surface area contributed by atoms with Gasteiger partial charge in [-0.1, -0.05) is 11.3 Å². The number of hydrogen-bond donors (Lipinski definition) is 0. The number of allylic oxidation sites excluding steroid dienone is 2. The second-order valence-corrected chi connectivity index (χ2v) is 2.68. The van der Waals surface area contributed by atoms with Crippen LogP contribution < -0.4 is 0 Å². The van der Waals surface area contributed by atoms with Gasteiger partial charge in [0.15, 0.2) is 0 Å². The van der Waals surface area contributed by atoms with Gasteiger partial charge >= 0.3 is 0 Å². The van der Waals surface area contributed by atoms with Crippen molar-refractivity contribution >= 4 is 9.76 Å². The van der Waals surface area contributed by atoms with Crippen molar-refractivity contribution in [3.8, 4) is 0 Å². The molecule has 0 atom stereocenters. The quantitative estimate of drug-likeness (QED) is 0.427. The lowest BCUT2D eigenvalue weighted by Gasteiger charge is -1.80. The van der Waals surface area contributed by atoms with Gasteiger partial charge in [-0.2, -0.15) is 0 Å². The van der Waals surface area contributed by atoms with Crippen LogP contribution in [0.4, 0.5) is 0 Å². The van der Waals surface area contributed by atoms with Gasteiger partial charge < -0.3 is 4.80 Å². The molecule has 0 saturated heterocycles. The first-order valence-corrected chi connectivity index (χ1v) is 3.29. The molecule has 0 heterocycles. The van der Waals surface area contributed by atoms with Crippen molar-refractivity contribution in [1.29, 1.82) is 0 Å². The summed E-state index contributed by atoms with van der Waals surface area (Å²) in [5.41, 5.74) is 0. The largest absolute Gasteiger partial charge is 0.301 e. The molecule has 0 aliphatic carbocycles. The Morgan fingerprint density at radius 2 is 2.33 bits per heavy atom. The molecule has 0 aromatic carbocycles. The summed E-state index contributed by atoms with van der Waals surface area (Å²) in [7, 11) is -1.05. The highest BCUT2D eigenvalue weighted by Crippen LogP contribution is 1.82. The van der Waals surface area contributed by atoms with Crippen molar-refractivity contribution in [3.05, 3.63) is 11.3 Å². The van der Waals surface area contributed by atoms with Gasteiger partial charge in [0.1, 0.15) is 0 Å². The van der Waals surface area contributed by atoms with E-state index >= 15 is 0 Å². The summed E-state index contributed by atoms with van der Waals surface area (Å²) >= 11 is 0. The first-order valence-electron chi connectivity index (χ1n) is 2.01. The molecule has 0 aromatic rings. The molecule has 0 saturated carbocycles. The second kappa shape index (κ2) is 3.12. The van der Waals surface area contributed by atoms with Crippen LogP contribution in [0.3, 0.4) is 0 Å². The Morgan fingerprint density at radius 1 is 1.83 bits per heavy atom. The standard InChI is InChI=1S/C4H9OSi/c1-3-4(2)6-5/h3H,6H2,1-2H3. The van der Waals surface area contributed by atoms with Gasteiger partial charge in [-0.25, -0.2) is 0 Å². The van der Waals surface area contributed by atoms with E-state index in [-0.39, 0.29) is 0 Å². The molecule has 0 amide bonds. The lowest BCUT2D eigenvalue weighted by atomic mass is 10.6. The molecule has 1 nitrogen and oxygen atoms in total. The maximum absolute atomic E-state index is 9.93. The minimum Gasteiger partial charge on any atom is -0.301 e. The molecule has 0 rings (SSSR count). The number of hydrogen-bond acceptors (Lipinski definition) is 0. The molecular formula is C4H9OSi. The fraction of sp³-hybridized carbons (Fsp3) is 0.500. The van der Waals surface area contributed by atoms with Crippen molar-refractivity contribution in [2.24, 2.45) is 0 Å². The van der Waals surface area contributed by atoms with Crippen molar-refractivity contribution < 1.29 is 4.80 Å². The smallest absolute Gasteiger partial charge is 0.233 e. The molecule has 0 aliphatic rings. The predicted molar refractivity (Wildman–Crippen MR) is 28.7 cm³/mol. The Kier molecular flexibility index (Phi) is 3.08. The van der Waals surface area contributed by atoms with Gasteiger partial charge in [0.2, 0.25) is 9.76 Å². The molecule has 0 aromatic heterocycles. The normalized spacial score (nSPS) is 14.2. The summed E-state index contributed by atoms with van der Waals surface area (Å²) in [4.78, 5) is 9.93. The third-order valence-electron chi connectivity index (χ3n) is 0.720. The van der Waals surface area contributed by atoms with E-state index in [0.29, 0.717) is 0 Å². The Labute approximate surface area is 40.6 Å². The Bertz CT molecular complexity index is 58.6. The molecule has 0 spiro atoms. The monoisotopic (exact) mass is 101 g/mol. The SMILES string of the molecule is CC=C(C)[SiH2][O]. The van der Waals surface area contributed by atoms with E-state index in [1.54, 1.807) is 0 Å². The zero-order valence-corrected chi connectivity index (χ0v) is 5.61. The Balaban J connectivity index is 3.22. The molecule has 0 aliphatic heterocycles. The molecule has 0 bridgehead atoms. The molecule has 0 unspecified atom stereocenters. The zero-order chi connectivity index (χ0) is 4.99. The van der Waals surface area contributed by atoms with E-state index in [1.807, 2.05) is 19.9 Å². The fourth-order valence-electron chi connectivity index (χ4n) is 0.0833. The van der Waals surface area contributed by atoms with Crippen LogP contribution in [-0.4, -0.2) is 9.76 Å². The second-order valence-electron chi connectivity index (χ2n) is 1.28. The van der Waals surface area contributed by atoms with E-state index in [4.69, 9.17) is 0 Å². The highest BCUT2D eigenvalue weighted by Gasteiger charge is 1.79. The summed E-state index contributed by atoms with van der Waals surface area (Å²) < 4.78 is 0. The average Bonchev–Trinajstić information content (AvgIpc) is 1.65. The summed E-state index contributed by atoms with van der Waals surface area (Å²) in [6, 6.07) is 0. The molecule has 1 radical (unpaired) electrons. The van der Waals surface area contributed by atoms with Crippen LogP contribution in [0, 0.1) is 0 Å². The van der Waals surface area contributed by atoms with E-state index in [1.165, 1.54) is 0 Å². The first-order chi connectivity index (χ1) is 2.81. The average molecular weight is 101 g/mol. The maximum Gasteiger partial charge on any atom is 0.233 e. The van der Waals surface area contributed by atoms with Crippen molar-refractivity contribution in [3.63, 3.8) is 0 Å². The van der Waals surface area contributed by atoms with Crippen molar-refractivity contribution in [2.75, 3.05) is 0 Å². The van der Waals surface area contributed by atoms with Crippen LogP contribution in [0.1, 0.15) is 13.8 Å². The van der Waals surface area contributed by atoms with Crippen LogP contribution in [0.25, 0.3) is 0 Å². The van der Waals surface area contributed by atoms with E-state index in [2.05, 4.69) is 0 Å². The topological polar surface area (TPSA) is 19.9 Å². The maximum atomic E-state index is 9.93. The van der Waals surface area contributed by atoms with Crippen LogP contribution >= 0.6 is 0 Å². The molecule has 0 fully saturated rings. The van der Waals surface area contributed by atoms with Gasteiger partial charge in [0, 0.05) is 0 Å². The third kappa shape index (κ3) is 2.17. The van der Waals surface area contributed by atoms with E-state index in [9.17, 15) is 4.80 Å². The summed E-state index contributed by atoms with van der Waals surface area (Å²) in [6.45, 7) is 3.79. The zero-order valence-electron chi connectivity index (χ0n) is 4.19. The summed E-state index contributed by atoms with van der Waals surface area (Å²) in [5.74, 6) is 0. The third-order valence-corrected chi connectivity index (χ3v) is 1.58. The molecule has 6 heavy (non-hydrogen) atoms. The first kappa shape index (κ1) is 5.92. The lowest BCUT2D eigenvalue weighted by Crippen LogP contribution is -1.83. The van der Waals surface area contributed by atoms with Gasteiger partial charge in [0.05, 0.1) is 0 Å². The van der Waals surface area contributed by atoms with Crippen molar-refractivity contribution in [1.82, 2.24) is 0 Å². The molecule has 2 heteroatoms. The van der Waals surface area contributed by atoms with Crippen LogP contribution in [0.5, 0.6) is 0 Å². The predicted octanol–water partition coefficient (Wildman–Crippen LogP) is 0.424. The van der Waals surface area contributed by atoms with E-state index < -0.39 is 9.76 Å². The lowest BCUT2D eigenvalue weighted by molar-refractivity contribution is 0.480. The van der Waals surface area contributed by atoms with E-state index in [0.717, 1.165) is 5.20 Å². The van der Waals surface area contributed by atoms with Crippen LogP contribution in [0.2, 0.25) is 0 Å². The van der Waals surface area contributed by atoms with Crippen LogP contribution in [0.15, 0.2) is 11.3 Å². The van der Waals surface area contributed by atoms with Gasteiger partial charge in [0.25, 0.3) is 0 Å². The molecule has 0 N–H and O–H groups in total. The van der Waals surface area contributed by atoms with Crippen molar-refractivity contribution in [2.45, 2.75) is 13.8 Å². The summed E-state index contributed by atoms with van der Waals surface area (Å²) in [6.07, 6.45) is 1.89. The molecular weight excluding hydrogens is 92.1 g/mol. The van der Waals surface area contributed by atoms with Gasteiger partial charge in [-0.15, -0.1) is 0 Å². The van der Waals surface area contributed by atoms with Gasteiger partial charge in [-0.3, -0.25) is 0 Å². The number of rotatable bonds is 1. The highest BCUT2D eigenvalue weighted by atomic mass is 28.2. The Morgan fingerprint density at radius 3 is 2.33 bits per heavy atom. The minimum atomic E-state index is -1.05. The molecule has 35 valence electrons. The summed E-state index contributed by atoms with van der Waals surface area (Å²) in [5, 5.41) is 1.05. The fourth-order valence-corrected chi connectivity index (χ4v) is 0.250. The van der Waals surface area contributed by atoms with Crippen LogP contribution in [-0.2, 0) is 4.80 Å². The highest BCUT2D eigenvalue weighted by molar-refractivity contribution is 6.35. The Hall–Kier alpha value is -0.0831.